The number of nitro benzene ring substituents is 2. The van der Waals surface area contributed by atoms with Crippen molar-refractivity contribution >= 4 is 44.6 Å². The molecule has 0 spiro atoms. The highest BCUT2D eigenvalue weighted by molar-refractivity contribution is 7.99. The van der Waals surface area contributed by atoms with Crippen molar-refractivity contribution in [3.63, 3.8) is 0 Å². The molecule has 0 fully saturated rings. The van der Waals surface area contributed by atoms with Crippen LogP contribution in [-0.4, -0.2) is 48.0 Å². The molecule has 0 aliphatic rings. The summed E-state index contributed by atoms with van der Waals surface area (Å²) in [5, 5.41) is 41.6. The molecule has 2 heterocycles. The van der Waals surface area contributed by atoms with Crippen LogP contribution in [0.25, 0.3) is 0 Å². The molecule has 196 valence electrons. The van der Waals surface area contributed by atoms with Crippen LogP contribution >= 0.6 is 11.8 Å². The van der Waals surface area contributed by atoms with E-state index < -0.39 is 40.5 Å². The maximum Gasteiger partial charge on any atom is 0.341 e. The zero-order valence-electron chi connectivity index (χ0n) is 18.4. The van der Waals surface area contributed by atoms with Crippen molar-refractivity contribution in [1.29, 1.82) is 0 Å². The monoisotopic (exact) mass is 564 g/mol. The van der Waals surface area contributed by atoms with Gasteiger partial charge in [-0.2, -0.15) is 4.98 Å². The fourth-order valence-corrected chi connectivity index (χ4v) is 4.47. The Morgan fingerprint density at radius 1 is 0.658 bits per heavy atom. The predicted molar refractivity (Wildman–Crippen MR) is 126 cm³/mol. The third-order valence-electron chi connectivity index (χ3n) is 4.35. The van der Waals surface area contributed by atoms with Gasteiger partial charge in [0.25, 0.3) is 26.4 Å². The largest absolute Gasteiger partial charge is 0.358 e. The Kier molecular flexibility index (Phi) is 8.07. The molecule has 0 bridgehead atoms. The molecule has 4 rings (SSSR count). The van der Waals surface area contributed by atoms with E-state index in [4.69, 9.17) is 0 Å². The molecule has 2 aromatic heterocycles. The number of nitrogens with zero attached hydrogens (tertiary/aromatic N) is 6. The van der Waals surface area contributed by atoms with Crippen LogP contribution in [0.1, 0.15) is 0 Å². The summed E-state index contributed by atoms with van der Waals surface area (Å²) in [6, 6.07) is 9.92. The zero-order valence-corrected chi connectivity index (χ0v) is 20.0. The fraction of sp³-hybridized carbons (Fsp3) is 0. The van der Waals surface area contributed by atoms with Gasteiger partial charge in [-0.25, -0.2) is 23.4 Å². The van der Waals surface area contributed by atoms with Crippen LogP contribution in [0.2, 0.25) is 0 Å². The lowest BCUT2D eigenvalue weighted by Gasteiger charge is -1.98. The Bertz CT molecular complexity index is 1620. The number of sulfone groups is 1. The van der Waals surface area contributed by atoms with E-state index in [-0.39, 0.29) is 22.1 Å². The number of imidazole rings is 2. The molecule has 0 saturated heterocycles. The van der Waals surface area contributed by atoms with Gasteiger partial charge in [-0.15, -0.1) is 0 Å². The Hall–Kier alpha value is -5.24. The van der Waals surface area contributed by atoms with Crippen LogP contribution in [0.3, 0.4) is 0 Å². The molecule has 0 aliphatic carbocycles. The molecular formula is C18H12N8O10S2. The number of aromatic amines is 2. The number of aromatic nitrogens is 4. The van der Waals surface area contributed by atoms with E-state index in [1.165, 1.54) is 12.1 Å². The number of hydrogen-bond acceptors (Lipinski definition) is 13. The average Bonchev–Trinajstić information content (AvgIpc) is 3.56. The van der Waals surface area contributed by atoms with Crippen LogP contribution in [0.15, 0.2) is 81.0 Å². The predicted octanol–water partition coefficient (Wildman–Crippen LogP) is 3.44. The van der Waals surface area contributed by atoms with Crippen molar-refractivity contribution in [3.8, 4) is 0 Å². The molecule has 2 N–H and O–H groups in total. The molecule has 38 heavy (non-hydrogen) atoms. The van der Waals surface area contributed by atoms with Gasteiger partial charge in [-0.1, -0.05) is 0 Å². The quantitative estimate of drug-likeness (QED) is 0.229. The number of benzene rings is 2. The van der Waals surface area contributed by atoms with Gasteiger partial charge in [0.2, 0.25) is 0 Å². The highest BCUT2D eigenvalue weighted by atomic mass is 32.2. The molecule has 0 saturated carbocycles. The van der Waals surface area contributed by atoms with Crippen molar-refractivity contribution in [2.75, 3.05) is 0 Å². The first-order valence-corrected chi connectivity index (χ1v) is 12.0. The minimum absolute atomic E-state index is 0.00947. The second-order valence-corrected chi connectivity index (χ2v) is 9.70. The van der Waals surface area contributed by atoms with E-state index in [0.717, 1.165) is 48.4 Å². The van der Waals surface area contributed by atoms with Crippen molar-refractivity contribution in [3.05, 3.63) is 101 Å². The smallest absolute Gasteiger partial charge is 0.341 e. The number of non-ortho nitro benzene ring substituents is 2. The minimum Gasteiger partial charge on any atom is -0.358 e. The number of rotatable bonds is 8. The van der Waals surface area contributed by atoms with Gasteiger partial charge in [0.15, 0.2) is 0 Å². The summed E-state index contributed by atoms with van der Waals surface area (Å²) >= 11 is 1.15. The maximum atomic E-state index is 12.1. The van der Waals surface area contributed by atoms with E-state index in [1.807, 2.05) is 0 Å². The van der Waals surface area contributed by atoms with Gasteiger partial charge in [0.1, 0.15) is 12.4 Å². The number of H-pyrrole nitrogens is 2. The molecule has 0 atom stereocenters. The molecule has 0 radical (unpaired) electrons. The van der Waals surface area contributed by atoms with Gasteiger partial charge >= 0.3 is 16.8 Å². The van der Waals surface area contributed by atoms with E-state index in [0.29, 0.717) is 10.1 Å². The Morgan fingerprint density at radius 2 is 1.13 bits per heavy atom. The molecule has 4 aromatic rings. The lowest BCUT2D eigenvalue weighted by molar-refractivity contribution is -0.389. The van der Waals surface area contributed by atoms with Crippen molar-refractivity contribution in [2.24, 2.45) is 0 Å². The number of nitro groups is 4. The third kappa shape index (κ3) is 6.50. The molecule has 18 nitrogen and oxygen atoms in total. The summed E-state index contributed by atoms with van der Waals surface area (Å²) < 4.78 is 24.1. The van der Waals surface area contributed by atoms with Crippen molar-refractivity contribution in [1.82, 2.24) is 19.9 Å². The molecule has 0 aliphatic heterocycles. The van der Waals surface area contributed by atoms with Gasteiger partial charge in [-0.05, 0) is 45.9 Å². The number of hydrogen-bond donors (Lipinski definition) is 2. The topological polar surface area (TPSA) is 264 Å². The van der Waals surface area contributed by atoms with E-state index in [9.17, 15) is 48.9 Å². The van der Waals surface area contributed by atoms with Gasteiger partial charge in [-0.3, -0.25) is 20.2 Å². The highest BCUT2D eigenvalue weighted by Gasteiger charge is 2.26. The summed E-state index contributed by atoms with van der Waals surface area (Å²) in [5.41, 5.74) is -0.279. The van der Waals surface area contributed by atoms with Crippen LogP contribution in [0, 0.1) is 40.5 Å². The van der Waals surface area contributed by atoms with Gasteiger partial charge < -0.3 is 20.2 Å². The van der Waals surface area contributed by atoms with E-state index >= 15 is 0 Å². The van der Waals surface area contributed by atoms with Gasteiger partial charge in [0, 0.05) is 29.2 Å². The summed E-state index contributed by atoms with van der Waals surface area (Å²) in [5.74, 6) is -0.759. The normalized spacial score (nSPS) is 10.7. The molecule has 20 heteroatoms. The number of nitrogens with one attached hydrogen (secondary N) is 2. The van der Waals surface area contributed by atoms with Crippen LogP contribution in [-0.2, 0) is 9.84 Å². The first-order chi connectivity index (χ1) is 17.9. The third-order valence-corrected chi connectivity index (χ3v) is 6.86. The lowest BCUT2D eigenvalue weighted by Crippen LogP contribution is -2.04. The van der Waals surface area contributed by atoms with Crippen LogP contribution in [0.4, 0.5) is 23.0 Å². The first kappa shape index (κ1) is 27.3. The molecule has 0 amide bonds. The zero-order chi connectivity index (χ0) is 28.0. The summed E-state index contributed by atoms with van der Waals surface area (Å²) in [6.45, 7) is 0. The molecular weight excluding hydrogens is 552 g/mol. The Balaban J connectivity index is 0.000000212. The second-order valence-electron chi connectivity index (χ2n) is 6.77. The SMILES string of the molecule is O=[N+]([O-])c1ccc(S(=O)(=O)c2ncc([N+](=O)[O-])[nH]2)cc1.O=[N+]([O-])c1ccc(Sc2ncc([N+](=O)[O-])[nH]2)cc1. The van der Waals surface area contributed by atoms with Crippen molar-refractivity contribution in [2.45, 2.75) is 20.1 Å². The second kappa shape index (κ2) is 11.2. The lowest BCUT2D eigenvalue weighted by atomic mass is 10.3. The highest BCUT2D eigenvalue weighted by Crippen LogP contribution is 2.28. The van der Waals surface area contributed by atoms with E-state index in [2.05, 4.69) is 19.9 Å². The molecule has 0 unspecified atom stereocenters. The Labute approximate surface area is 214 Å². The van der Waals surface area contributed by atoms with Crippen LogP contribution < -0.4 is 0 Å². The maximum absolute atomic E-state index is 12.1. The summed E-state index contributed by atoms with van der Waals surface area (Å²) in [7, 11) is -4.09. The summed E-state index contributed by atoms with van der Waals surface area (Å²) in [4.78, 5) is 51.5. The van der Waals surface area contributed by atoms with Crippen molar-refractivity contribution < 1.29 is 28.1 Å². The molecule has 2 aromatic carbocycles. The minimum atomic E-state index is -4.09. The standard InChI is InChI=1S/C9H6N4O6S.C9H6N4O4S/c14-12(15)6-1-3-7(4-2-6)20(18,19)9-10-5-8(11-9)13(16)17;14-12(15)6-1-3-7(4-2-6)18-9-10-5-8(11-9)13(16)17/h1-5H,(H,10,11);1-5H,(H,10,11). The fourth-order valence-electron chi connectivity index (χ4n) is 2.57. The first-order valence-electron chi connectivity index (χ1n) is 9.69. The van der Waals surface area contributed by atoms with Gasteiger partial charge in [0.05, 0.1) is 14.7 Å². The van der Waals surface area contributed by atoms with Crippen LogP contribution in [0.5, 0.6) is 0 Å². The average molecular weight is 564 g/mol. The Morgan fingerprint density at radius 3 is 1.58 bits per heavy atom. The summed E-state index contributed by atoms with van der Waals surface area (Å²) in [6.07, 6.45) is 1.89. The van der Waals surface area contributed by atoms with E-state index in [1.54, 1.807) is 12.1 Å².